The van der Waals surface area contributed by atoms with Crippen molar-refractivity contribution in [2.45, 2.75) is 59.1 Å². The number of carboxylic acid groups (broad SMARTS) is 1. The summed E-state index contributed by atoms with van der Waals surface area (Å²) in [5, 5.41) is 25.2. The van der Waals surface area contributed by atoms with Gasteiger partial charge in [-0.25, -0.2) is 14.6 Å². The third kappa shape index (κ3) is 6.70. The number of aliphatic hydroxyl groups excluding tert-OH is 1. The predicted molar refractivity (Wildman–Crippen MR) is 141 cm³/mol. The van der Waals surface area contributed by atoms with Gasteiger partial charge in [-0.3, -0.25) is 0 Å². The number of hydrogen-bond acceptors (Lipinski definition) is 6. The van der Waals surface area contributed by atoms with Crippen LogP contribution in [0.25, 0.3) is 22.2 Å². The van der Waals surface area contributed by atoms with Crippen LogP contribution in [0.2, 0.25) is 0 Å². The Balaban J connectivity index is 1.82. The molecule has 0 fully saturated rings. The first kappa shape index (κ1) is 26.4. The number of carboxylic acids is 1. The van der Waals surface area contributed by atoms with Crippen LogP contribution in [-0.4, -0.2) is 50.5 Å². The van der Waals surface area contributed by atoms with Crippen LogP contribution >= 0.6 is 33.9 Å². The maximum atomic E-state index is 12.0. The molecule has 1 atom stereocenters. The summed E-state index contributed by atoms with van der Waals surface area (Å²) in [5.74, 6) is -1.15. The van der Waals surface area contributed by atoms with Crippen LogP contribution in [0.1, 0.15) is 45.2 Å². The molecule has 1 unspecified atom stereocenters. The van der Waals surface area contributed by atoms with Gasteiger partial charge in [-0.2, -0.15) is 0 Å². The van der Waals surface area contributed by atoms with Crippen molar-refractivity contribution in [2.75, 3.05) is 6.61 Å². The Morgan fingerprint density at radius 3 is 2.59 bits per heavy atom. The average molecular weight is 599 g/mol. The molecule has 4 N–H and O–H groups in total. The number of aliphatic carboxylic acids is 1. The van der Waals surface area contributed by atoms with E-state index in [2.05, 4.69) is 43.9 Å². The van der Waals surface area contributed by atoms with Crippen LogP contribution in [0.15, 0.2) is 23.6 Å². The number of fused-ring (bicyclic) bond motifs is 1. The van der Waals surface area contributed by atoms with Crippen molar-refractivity contribution in [3.8, 4) is 11.3 Å². The highest BCUT2D eigenvalue weighted by Crippen LogP contribution is 2.33. The fourth-order valence-electron chi connectivity index (χ4n) is 3.44. The van der Waals surface area contributed by atoms with E-state index in [-0.39, 0.29) is 18.4 Å². The number of ether oxygens (including phenoxy) is 1. The minimum absolute atomic E-state index is 0.0550. The molecular formula is C24H30IN3O5S. The summed E-state index contributed by atoms with van der Waals surface area (Å²) >= 11 is 3.64. The second kappa shape index (κ2) is 10.2. The van der Waals surface area contributed by atoms with Gasteiger partial charge in [0.05, 0.1) is 14.4 Å². The zero-order valence-corrected chi connectivity index (χ0v) is 22.8. The molecule has 10 heteroatoms. The Bertz CT molecular complexity index is 1200. The van der Waals surface area contributed by atoms with Gasteiger partial charge >= 0.3 is 12.1 Å². The monoisotopic (exact) mass is 599 g/mol. The Labute approximate surface area is 216 Å². The second-order valence-electron chi connectivity index (χ2n) is 10.0. The highest BCUT2D eigenvalue weighted by atomic mass is 127. The number of H-pyrrole nitrogens is 1. The molecule has 3 aromatic rings. The van der Waals surface area contributed by atoms with Crippen LogP contribution in [0.5, 0.6) is 0 Å². The Hall–Kier alpha value is -2.18. The number of aromatic amines is 1. The van der Waals surface area contributed by atoms with Gasteiger partial charge in [0.2, 0.25) is 0 Å². The summed E-state index contributed by atoms with van der Waals surface area (Å²) in [7, 11) is 0. The van der Waals surface area contributed by atoms with E-state index >= 15 is 0 Å². The largest absolute Gasteiger partial charge is 0.480 e. The first-order chi connectivity index (χ1) is 15.8. The molecule has 0 radical (unpaired) electrons. The number of nitrogens with one attached hydrogen (secondary N) is 2. The predicted octanol–water partition coefficient (Wildman–Crippen LogP) is 4.98. The van der Waals surface area contributed by atoms with E-state index < -0.39 is 23.7 Å². The lowest BCUT2D eigenvalue weighted by Crippen LogP contribution is -2.44. The van der Waals surface area contributed by atoms with E-state index in [9.17, 15) is 19.8 Å². The lowest BCUT2D eigenvalue weighted by atomic mass is 9.86. The van der Waals surface area contributed by atoms with Crippen LogP contribution in [0.3, 0.4) is 0 Å². The third-order valence-corrected chi connectivity index (χ3v) is 6.94. The smallest absolute Gasteiger partial charge is 0.408 e. The van der Waals surface area contributed by atoms with Crippen molar-refractivity contribution in [1.82, 2.24) is 15.3 Å². The standard InChI is InChI=1S/C24H30IN3O5S/c1-23(2,3)33-22(32)28-17(21(30)31)9-19-26-18(11-34-19)13-6-7-16-14(8-13)15(20(25)27-16)10-24(4,5)12-29/h6-8,11,17,27,29H,9-10,12H2,1-5H3,(H,28,32)(H,30,31). The van der Waals surface area contributed by atoms with Crippen LogP contribution < -0.4 is 5.32 Å². The molecule has 0 aliphatic carbocycles. The van der Waals surface area contributed by atoms with Crippen molar-refractivity contribution in [1.29, 1.82) is 0 Å². The van der Waals surface area contributed by atoms with Crippen molar-refractivity contribution in [3.05, 3.63) is 37.9 Å². The number of carbonyl (C=O) groups is 2. The number of hydrogen-bond donors (Lipinski definition) is 4. The van der Waals surface area contributed by atoms with Gasteiger partial charge in [0.25, 0.3) is 0 Å². The maximum absolute atomic E-state index is 12.0. The van der Waals surface area contributed by atoms with Crippen molar-refractivity contribution in [3.63, 3.8) is 0 Å². The number of aromatic nitrogens is 2. The number of rotatable bonds is 8. The quantitative estimate of drug-likeness (QED) is 0.271. The molecule has 184 valence electrons. The number of carbonyl (C=O) groups excluding carboxylic acids is 1. The normalized spacial score (nSPS) is 13.1. The SMILES string of the molecule is CC(C)(CO)Cc1c(I)[nH]c2ccc(-c3csc(CC(NC(=O)OC(C)(C)C)C(=O)O)n3)cc12. The summed E-state index contributed by atoms with van der Waals surface area (Å²) in [6, 6.07) is 4.91. The molecule has 1 amide bonds. The van der Waals surface area contributed by atoms with Gasteiger partial charge in [-0.05, 0) is 72.9 Å². The fourth-order valence-corrected chi connectivity index (χ4v) is 5.07. The Morgan fingerprint density at radius 2 is 1.97 bits per heavy atom. The topological polar surface area (TPSA) is 125 Å². The highest BCUT2D eigenvalue weighted by Gasteiger charge is 2.26. The summed E-state index contributed by atoms with van der Waals surface area (Å²) in [5.41, 5.74) is 2.86. The van der Waals surface area contributed by atoms with Crippen LogP contribution in [0.4, 0.5) is 4.79 Å². The molecule has 3 rings (SSSR count). The van der Waals surface area contributed by atoms with Gasteiger partial charge < -0.3 is 25.3 Å². The number of thiazole rings is 1. The average Bonchev–Trinajstić information content (AvgIpc) is 3.30. The van der Waals surface area contributed by atoms with Crippen LogP contribution in [0, 0.1) is 9.12 Å². The van der Waals surface area contributed by atoms with Crippen LogP contribution in [-0.2, 0) is 22.4 Å². The molecule has 0 saturated heterocycles. The molecule has 34 heavy (non-hydrogen) atoms. The molecule has 1 aromatic carbocycles. The molecule has 0 aliphatic rings. The van der Waals surface area contributed by atoms with Crippen molar-refractivity contribution >= 4 is 56.9 Å². The zero-order valence-electron chi connectivity index (χ0n) is 19.9. The zero-order chi connectivity index (χ0) is 25.3. The molecular weight excluding hydrogens is 569 g/mol. The number of alkyl carbamates (subject to hydrolysis) is 1. The van der Waals surface area contributed by atoms with Crippen molar-refractivity contribution < 1.29 is 24.5 Å². The second-order valence-corrected chi connectivity index (χ2v) is 12.1. The summed E-state index contributed by atoms with van der Waals surface area (Å²) in [6.07, 6.45) is 0.00596. The van der Waals surface area contributed by atoms with E-state index in [1.165, 1.54) is 11.3 Å². The van der Waals surface area contributed by atoms with E-state index in [1.807, 2.05) is 31.4 Å². The van der Waals surface area contributed by atoms with E-state index in [1.54, 1.807) is 20.8 Å². The lowest BCUT2D eigenvalue weighted by molar-refractivity contribution is -0.139. The summed E-state index contributed by atoms with van der Waals surface area (Å²) in [6.45, 7) is 9.30. The van der Waals surface area contributed by atoms with E-state index in [4.69, 9.17) is 4.74 Å². The molecule has 0 spiro atoms. The molecule has 0 bridgehead atoms. The highest BCUT2D eigenvalue weighted by molar-refractivity contribution is 14.1. The molecule has 2 heterocycles. The fraction of sp³-hybridized carbons (Fsp3) is 0.458. The first-order valence-corrected chi connectivity index (χ1v) is 12.8. The Kier molecular flexibility index (Phi) is 7.93. The number of nitrogens with zero attached hydrogens (tertiary/aromatic N) is 1. The summed E-state index contributed by atoms with van der Waals surface area (Å²) < 4.78 is 6.22. The Morgan fingerprint density at radius 1 is 1.26 bits per heavy atom. The molecule has 2 aromatic heterocycles. The number of aliphatic hydroxyl groups is 1. The third-order valence-electron chi connectivity index (χ3n) is 5.15. The van der Waals surface area contributed by atoms with Gasteiger partial charge in [0.1, 0.15) is 11.6 Å². The lowest BCUT2D eigenvalue weighted by Gasteiger charge is -2.21. The van der Waals surface area contributed by atoms with Gasteiger partial charge in [0.15, 0.2) is 0 Å². The first-order valence-electron chi connectivity index (χ1n) is 10.9. The van der Waals surface area contributed by atoms with E-state index in [0.717, 1.165) is 37.8 Å². The summed E-state index contributed by atoms with van der Waals surface area (Å²) in [4.78, 5) is 31.8. The molecule has 0 saturated carbocycles. The molecule has 0 aliphatic heterocycles. The number of amides is 1. The van der Waals surface area contributed by atoms with Gasteiger partial charge in [0, 0.05) is 34.9 Å². The van der Waals surface area contributed by atoms with Crippen molar-refractivity contribution in [2.24, 2.45) is 5.41 Å². The van der Waals surface area contributed by atoms with Gasteiger partial charge in [-0.1, -0.05) is 19.9 Å². The van der Waals surface area contributed by atoms with E-state index in [0.29, 0.717) is 5.01 Å². The number of halogens is 1. The number of benzene rings is 1. The minimum Gasteiger partial charge on any atom is -0.480 e. The van der Waals surface area contributed by atoms with Gasteiger partial charge in [-0.15, -0.1) is 11.3 Å². The molecule has 8 nitrogen and oxygen atoms in total. The maximum Gasteiger partial charge on any atom is 0.408 e. The minimum atomic E-state index is -1.15.